The average molecular weight is 325 g/mol. The highest BCUT2D eigenvalue weighted by Crippen LogP contribution is 2.40. The first-order valence-corrected chi connectivity index (χ1v) is 8.72. The van der Waals surface area contributed by atoms with Crippen LogP contribution < -0.4 is 10.1 Å². The van der Waals surface area contributed by atoms with E-state index in [2.05, 4.69) is 22.2 Å². The van der Waals surface area contributed by atoms with Crippen LogP contribution in [0.3, 0.4) is 0 Å². The number of benzene rings is 1. The van der Waals surface area contributed by atoms with Gasteiger partial charge in [0.15, 0.2) is 0 Å². The minimum atomic E-state index is 0.731. The minimum Gasteiger partial charge on any atom is -0.497 e. The summed E-state index contributed by atoms with van der Waals surface area (Å²) < 4.78 is 5.21. The molecule has 1 N–H and O–H groups in total. The summed E-state index contributed by atoms with van der Waals surface area (Å²) in [7, 11) is 1.68. The van der Waals surface area contributed by atoms with Gasteiger partial charge in [-0.3, -0.25) is 0 Å². The number of fused-ring (bicyclic) bond motifs is 3. The van der Waals surface area contributed by atoms with Gasteiger partial charge in [-0.05, 0) is 55.0 Å². The van der Waals surface area contributed by atoms with E-state index in [9.17, 15) is 0 Å². The zero-order valence-electron chi connectivity index (χ0n) is 13.3. The monoisotopic (exact) mass is 325 g/mol. The molecule has 2 heterocycles. The van der Waals surface area contributed by atoms with Gasteiger partial charge in [-0.25, -0.2) is 9.97 Å². The summed E-state index contributed by atoms with van der Waals surface area (Å²) in [6.07, 6.45) is 5.22. The molecule has 1 atom stereocenters. The van der Waals surface area contributed by atoms with E-state index in [0.29, 0.717) is 0 Å². The third kappa shape index (κ3) is 2.65. The lowest BCUT2D eigenvalue weighted by Crippen LogP contribution is -2.09. The summed E-state index contributed by atoms with van der Waals surface area (Å²) in [5.74, 6) is 2.49. The zero-order valence-corrected chi connectivity index (χ0v) is 14.1. The van der Waals surface area contributed by atoms with E-state index < -0.39 is 0 Å². The standard InChI is InChI=1S/C18H19N3OS/c1-11-3-8-15-14(9-11)16-17(19-10-20-18(16)23-15)21-12-4-6-13(22-2)7-5-12/h4-7,10-11H,3,8-9H2,1-2H3,(H,19,20,21). The molecule has 0 amide bonds. The SMILES string of the molecule is COc1ccc(Nc2ncnc3sc4c(c23)CC(C)CC4)cc1. The molecule has 1 aromatic carbocycles. The van der Waals surface area contributed by atoms with Crippen LogP contribution in [0.25, 0.3) is 10.2 Å². The molecule has 5 heteroatoms. The Morgan fingerprint density at radius 3 is 2.83 bits per heavy atom. The van der Waals surface area contributed by atoms with E-state index in [1.807, 2.05) is 35.6 Å². The summed E-state index contributed by atoms with van der Waals surface area (Å²) in [5.41, 5.74) is 2.45. The molecule has 0 saturated carbocycles. The second kappa shape index (κ2) is 5.81. The van der Waals surface area contributed by atoms with E-state index >= 15 is 0 Å². The van der Waals surface area contributed by atoms with Crippen LogP contribution in [0.2, 0.25) is 0 Å². The van der Waals surface area contributed by atoms with Gasteiger partial charge in [0.05, 0.1) is 12.5 Å². The number of hydrogen-bond acceptors (Lipinski definition) is 5. The molecular formula is C18H19N3OS. The number of methoxy groups -OCH3 is 1. The van der Waals surface area contributed by atoms with Crippen molar-refractivity contribution in [3.05, 3.63) is 41.0 Å². The van der Waals surface area contributed by atoms with Crippen molar-refractivity contribution < 1.29 is 4.74 Å². The van der Waals surface area contributed by atoms with Crippen LogP contribution in [0.1, 0.15) is 23.8 Å². The summed E-state index contributed by atoms with van der Waals surface area (Å²) in [6.45, 7) is 2.33. The van der Waals surface area contributed by atoms with Crippen LogP contribution in [-0.4, -0.2) is 17.1 Å². The summed E-state index contributed by atoms with van der Waals surface area (Å²) >= 11 is 1.82. The van der Waals surface area contributed by atoms with Gasteiger partial charge in [0.2, 0.25) is 0 Å². The first-order valence-electron chi connectivity index (χ1n) is 7.91. The maximum absolute atomic E-state index is 5.21. The highest BCUT2D eigenvalue weighted by molar-refractivity contribution is 7.19. The van der Waals surface area contributed by atoms with Gasteiger partial charge >= 0.3 is 0 Å². The van der Waals surface area contributed by atoms with Crippen LogP contribution in [0.5, 0.6) is 5.75 Å². The third-order valence-corrected chi connectivity index (χ3v) is 5.64. The first kappa shape index (κ1) is 14.5. The largest absolute Gasteiger partial charge is 0.497 e. The molecular weight excluding hydrogens is 306 g/mol. The Labute approximate surface area is 139 Å². The topological polar surface area (TPSA) is 47.0 Å². The summed E-state index contributed by atoms with van der Waals surface area (Å²) in [6, 6.07) is 7.92. The highest BCUT2D eigenvalue weighted by Gasteiger charge is 2.23. The number of ether oxygens (including phenoxy) is 1. The Kier molecular flexibility index (Phi) is 3.65. The predicted octanol–water partition coefficient (Wildman–Crippen LogP) is 4.57. The van der Waals surface area contributed by atoms with Crippen LogP contribution >= 0.6 is 11.3 Å². The van der Waals surface area contributed by atoms with Crippen molar-refractivity contribution in [2.24, 2.45) is 5.92 Å². The fourth-order valence-corrected chi connectivity index (χ4v) is 4.37. The zero-order chi connectivity index (χ0) is 15.8. The van der Waals surface area contributed by atoms with Crippen molar-refractivity contribution in [1.29, 1.82) is 0 Å². The van der Waals surface area contributed by atoms with Crippen molar-refractivity contribution in [3.8, 4) is 5.75 Å². The third-order valence-electron chi connectivity index (χ3n) is 4.44. The normalized spacial score (nSPS) is 17.0. The van der Waals surface area contributed by atoms with Crippen molar-refractivity contribution in [1.82, 2.24) is 9.97 Å². The number of rotatable bonds is 3. The molecule has 4 rings (SSSR count). The van der Waals surface area contributed by atoms with Crippen LogP contribution in [0.15, 0.2) is 30.6 Å². The fourth-order valence-electron chi connectivity index (χ4n) is 3.19. The quantitative estimate of drug-likeness (QED) is 0.766. The van der Waals surface area contributed by atoms with Crippen molar-refractivity contribution in [3.63, 3.8) is 0 Å². The first-order chi connectivity index (χ1) is 11.2. The van der Waals surface area contributed by atoms with E-state index in [1.54, 1.807) is 13.4 Å². The lowest BCUT2D eigenvalue weighted by atomic mass is 9.88. The van der Waals surface area contributed by atoms with E-state index in [-0.39, 0.29) is 0 Å². The highest BCUT2D eigenvalue weighted by atomic mass is 32.1. The molecule has 2 aromatic heterocycles. The molecule has 0 fully saturated rings. The van der Waals surface area contributed by atoms with Crippen LogP contribution in [0, 0.1) is 5.92 Å². The van der Waals surface area contributed by atoms with Gasteiger partial charge in [-0.2, -0.15) is 0 Å². The fraction of sp³-hybridized carbons (Fsp3) is 0.333. The molecule has 0 radical (unpaired) electrons. The number of hydrogen-bond donors (Lipinski definition) is 1. The molecule has 0 bridgehead atoms. The average Bonchev–Trinajstić information content (AvgIpc) is 2.94. The Hall–Kier alpha value is -2.14. The van der Waals surface area contributed by atoms with E-state index in [0.717, 1.165) is 34.4 Å². The second-order valence-electron chi connectivity index (χ2n) is 6.11. The summed E-state index contributed by atoms with van der Waals surface area (Å²) in [4.78, 5) is 11.6. The predicted molar refractivity (Wildman–Crippen MR) is 94.9 cm³/mol. The Morgan fingerprint density at radius 1 is 1.22 bits per heavy atom. The Bertz CT molecular complexity index is 841. The molecule has 0 saturated heterocycles. The molecule has 4 nitrogen and oxygen atoms in total. The number of nitrogens with zero attached hydrogens (tertiary/aromatic N) is 2. The second-order valence-corrected chi connectivity index (χ2v) is 7.19. The molecule has 1 aliphatic rings. The van der Waals surface area contributed by atoms with Gasteiger partial charge in [0, 0.05) is 10.6 Å². The van der Waals surface area contributed by atoms with Gasteiger partial charge in [-0.1, -0.05) is 6.92 Å². The molecule has 1 unspecified atom stereocenters. The molecule has 3 aromatic rings. The molecule has 0 spiro atoms. The molecule has 23 heavy (non-hydrogen) atoms. The Morgan fingerprint density at radius 2 is 2.04 bits per heavy atom. The van der Waals surface area contributed by atoms with Crippen LogP contribution in [-0.2, 0) is 12.8 Å². The number of anilines is 2. The maximum Gasteiger partial charge on any atom is 0.142 e. The molecule has 118 valence electrons. The number of aromatic nitrogens is 2. The Balaban J connectivity index is 1.75. The lowest BCUT2D eigenvalue weighted by molar-refractivity contribution is 0.415. The van der Waals surface area contributed by atoms with Crippen molar-refractivity contribution in [2.45, 2.75) is 26.2 Å². The number of nitrogens with one attached hydrogen (secondary N) is 1. The lowest BCUT2D eigenvalue weighted by Gasteiger charge is -2.18. The summed E-state index contributed by atoms with van der Waals surface area (Å²) in [5, 5.41) is 4.65. The van der Waals surface area contributed by atoms with E-state index in [1.165, 1.54) is 28.7 Å². The minimum absolute atomic E-state index is 0.731. The van der Waals surface area contributed by atoms with E-state index in [4.69, 9.17) is 4.74 Å². The van der Waals surface area contributed by atoms with Gasteiger partial charge < -0.3 is 10.1 Å². The van der Waals surface area contributed by atoms with Crippen molar-refractivity contribution >= 4 is 33.1 Å². The smallest absolute Gasteiger partial charge is 0.142 e. The molecule has 0 aliphatic heterocycles. The van der Waals surface area contributed by atoms with Crippen LogP contribution in [0.4, 0.5) is 11.5 Å². The van der Waals surface area contributed by atoms with Crippen molar-refractivity contribution in [2.75, 3.05) is 12.4 Å². The number of thiophene rings is 1. The van der Waals surface area contributed by atoms with Gasteiger partial charge in [0.1, 0.15) is 22.7 Å². The van der Waals surface area contributed by atoms with Gasteiger partial charge in [-0.15, -0.1) is 11.3 Å². The number of aryl methyl sites for hydroxylation is 1. The maximum atomic E-state index is 5.21. The molecule has 1 aliphatic carbocycles. The van der Waals surface area contributed by atoms with Gasteiger partial charge in [0.25, 0.3) is 0 Å².